The van der Waals surface area contributed by atoms with E-state index >= 15 is 0 Å². The van der Waals surface area contributed by atoms with Crippen LogP contribution < -0.4 is 10.7 Å². The van der Waals surface area contributed by atoms with Crippen molar-refractivity contribution >= 4 is 17.5 Å². The van der Waals surface area contributed by atoms with E-state index in [0.29, 0.717) is 24.5 Å². The summed E-state index contributed by atoms with van der Waals surface area (Å²) in [7, 11) is 1.61. The van der Waals surface area contributed by atoms with Crippen molar-refractivity contribution in [3.8, 4) is 0 Å². The molecule has 2 N–H and O–H groups in total. The highest BCUT2D eigenvalue weighted by molar-refractivity contribution is 5.97. The lowest BCUT2D eigenvalue weighted by molar-refractivity contribution is -0.129. The van der Waals surface area contributed by atoms with E-state index in [4.69, 9.17) is 4.74 Å². The number of nitrogens with zero attached hydrogens (tertiary/aromatic N) is 1. The van der Waals surface area contributed by atoms with Crippen molar-refractivity contribution < 1.29 is 14.3 Å². The number of amides is 2. The predicted octanol–water partition coefficient (Wildman–Crippen LogP) is 2.24. The standard InChI is InChI=1S/C17H31N3O3/c1-17(2,3)13-6-8-14(9-7-13)19-20-16(22)12-15(21)18-10-5-11-23-4/h13H,5-12H2,1-4H3,(H,18,21)(H,20,22). The number of methoxy groups -OCH3 is 1. The molecule has 6 heteroatoms. The van der Waals surface area contributed by atoms with Gasteiger partial charge in [-0.25, -0.2) is 5.43 Å². The summed E-state index contributed by atoms with van der Waals surface area (Å²) in [6.07, 6.45) is 4.61. The van der Waals surface area contributed by atoms with Crippen molar-refractivity contribution in [2.24, 2.45) is 16.4 Å². The maximum absolute atomic E-state index is 11.7. The molecule has 0 radical (unpaired) electrons. The molecule has 0 aromatic heterocycles. The molecule has 1 fully saturated rings. The lowest BCUT2D eigenvalue weighted by Crippen LogP contribution is -2.32. The number of carbonyl (C=O) groups excluding carboxylic acids is 2. The van der Waals surface area contributed by atoms with Crippen LogP contribution in [0.4, 0.5) is 0 Å². The van der Waals surface area contributed by atoms with E-state index in [2.05, 4.69) is 36.6 Å². The minimum absolute atomic E-state index is 0.186. The molecule has 1 aliphatic carbocycles. The maximum atomic E-state index is 11.7. The first-order chi connectivity index (χ1) is 10.8. The molecule has 0 spiro atoms. The van der Waals surface area contributed by atoms with Crippen LogP contribution in [-0.2, 0) is 14.3 Å². The average Bonchev–Trinajstić information content (AvgIpc) is 2.49. The number of nitrogens with one attached hydrogen (secondary N) is 2. The van der Waals surface area contributed by atoms with Gasteiger partial charge in [0.25, 0.3) is 0 Å². The minimum Gasteiger partial charge on any atom is -0.385 e. The van der Waals surface area contributed by atoms with Crippen LogP contribution in [0.3, 0.4) is 0 Å². The van der Waals surface area contributed by atoms with Crippen molar-refractivity contribution in [1.29, 1.82) is 0 Å². The fourth-order valence-corrected chi connectivity index (χ4v) is 2.76. The quantitative estimate of drug-likeness (QED) is 0.428. The first-order valence-electron chi connectivity index (χ1n) is 8.43. The molecule has 0 aromatic rings. The Balaban J connectivity index is 2.24. The molecule has 132 valence electrons. The fourth-order valence-electron chi connectivity index (χ4n) is 2.76. The van der Waals surface area contributed by atoms with Gasteiger partial charge < -0.3 is 10.1 Å². The van der Waals surface area contributed by atoms with E-state index in [0.717, 1.165) is 37.8 Å². The normalized spacial score (nSPS) is 18.4. The van der Waals surface area contributed by atoms with Crippen molar-refractivity contribution in [3.63, 3.8) is 0 Å². The van der Waals surface area contributed by atoms with E-state index < -0.39 is 0 Å². The maximum Gasteiger partial charge on any atom is 0.249 e. The van der Waals surface area contributed by atoms with Crippen LogP contribution in [0, 0.1) is 11.3 Å². The van der Waals surface area contributed by atoms with Crippen LogP contribution in [-0.4, -0.2) is 37.8 Å². The molecule has 0 bridgehead atoms. The number of hydrogen-bond donors (Lipinski definition) is 2. The Morgan fingerprint density at radius 2 is 1.87 bits per heavy atom. The van der Waals surface area contributed by atoms with Crippen LogP contribution in [0.1, 0.15) is 59.3 Å². The second kappa shape index (κ2) is 9.65. The molecule has 0 heterocycles. The Kier molecular flexibility index (Phi) is 8.23. The van der Waals surface area contributed by atoms with E-state index in [1.165, 1.54) is 0 Å². The second-order valence-corrected chi connectivity index (χ2v) is 7.23. The van der Waals surface area contributed by atoms with Crippen molar-refractivity contribution in [1.82, 2.24) is 10.7 Å². The molecule has 1 rings (SSSR count). The Hall–Kier alpha value is -1.43. The smallest absolute Gasteiger partial charge is 0.249 e. The monoisotopic (exact) mass is 325 g/mol. The SMILES string of the molecule is COCCCNC(=O)CC(=O)NN=C1CCC(C(C)(C)C)CC1. The lowest BCUT2D eigenvalue weighted by Gasteiger charge is -2.34. The van der Waals surface area contributed by atoms with Crippen molar-refractivity contribution in [3.05, 3.63) is 0 Å². The molecule has 1 aliphatic rings. The number of ether oxygens (including phenoxy) is 1. The van der Waals surface area contributed by atoms with Gasteiger partial charge in [-0.3, -0.25) is 9.59 Å². The number of hydrazone groups is 1. The third kappa shape index (κ3) is 8.11. The topological polar surface area (TPSA) is 79.8 Å². The van der Waals surface area contributed by atoms with Gasteiger partial charge in [-0.2, -0.15) is 5.10 Å². The van der Waals surface area contributed by atoms with Crippen LogP contribution in [0.5, 0.6) is 0 Å². The van der Waals surface area contributed by atoms with Gasteiger partial charge in [-0.15, -0.1) is 0 Å². The van der Waals surface area contributed by atoms with Crippen LogP contribution >= 0.6 is 0 Å². The molecule has 2 amide bonds. The van der Waals surface area contributed by atoms with E-state index in [9.17, 15) is 9.59 Å². The van der Waals surface area contributed by atoms with Gasteiger partial charge in [0, 0.05) is 26.0 Å². The second-order valence-electron chi connectivity index (χ2n) is 7.23. The molecular weight excluding hydrogens is 294 g/mol. The van der Waals surface area contributed by atoms with Gasteiger partial charge in [-0.1, -0.05) is 20.8 Å². The first-order valence-corrected chi connectivity index (χ1v) is 8.43. The summed E-state index contributed by atoms with van der Waals surface area (Å²) in [6.45, 7) is 7.92. The first kappa shape index (κ1) is 19.6. The molecule has 1 saturated carbocycles. The molecule has 0 unspecified atom stereocenters. The van der Waals surface area contributed by atoms with Crippen LogP contribution in [0.25, 0.3) is 0 Å². The summed E-state index contributed by atoms with van der Waals surface area (Å²) in [5, 5.41) is 6.86. The van der Waals surface area contributed by atoms with Gasteiger partial charge >= 0.3 is 0 Å². The molecule has 23 heavy (non-hydrogen) atoms. The molecule has 0 saturated heterocycles. The lowest BCUT2D eigenvalue weighted by atomic mass is 9.72. The third-order valence-corrected chi connectivity index (χ3v) is 4.29. The summed E-state index contributed by atoms with van der Waals surface area (Å²) in [5.41, 5.74) is 3.86. The van der Waals surface area contributed by atoms with E-state index in [-0.39, 0.29) is 18.2 Å². The number of rotatable bonds is 7. The van der Waals surface area contributed by atoms with E-state index in [1.54, 1.807) is 7.11 Å². The summed E-state index contributed by atoms with van der Waals surface area (Å²) >= 11 is 0. The van der Waals surface area contributed by atoms with Gasteiger partial charge in [0.05, 0.1) is 0 Å². The largest absolute Gasteiger partial charge is 0.385 e. The molecular formula is C17H31N3O3. The highest BCUT2D eigenvalue weighted by Crippen LogP contribution is 2.36. The van der Waals surface area contributed by atoms with Gasteiger partial charge in [0.2, 0.25) is 11.8 Å². The summed E-state index contributed by atoms with van der Waals surface area (Å²) in [6, 6.07) is 0. The third-order valence-electron chi connectivity index (χ3n) is 4.29. The average molecular weight is 325 g/mol. The Morgan fingerprint density at radius 1 is 1.22 bits per heavy atom. The summed E-state index contributed by atoms with van der Waals surface area (Å²) in [5.74, 6) is 0.0601. The minimum atomic E-state index is -0.361. The van der Waals surface area contributed by atoms with Crippen LogP contribution in [0.15, 0.2) is 5.10 Å². The number of hydrogen-bond acceptors (Lipinski definition) is 4. The Morgan fingerprint density at radius 3 is 2.43 bits per heavy atom. The summed E-state index contributed by atoms with van der Waals surface area (Å²) in [4.78, 5) is 23.3. The highest BCUT2D eigenvalue weighted by Gasteiger charge is 2.28. The van der Waals surface area contributed by atoms with Crippen molar-refractivity contribution in [2.75, 3.05) is 20.3 Å². The Labute approximate surface area is 139 Å². The molecule has 0 aliphatic heterocycles. The van der Waals surface area contributed by atoms with Gasteiger partial charge in [0.15, 0.2) is 0 Å². The predicted molar refractivity (Wildman–Crippen MR) is 91.1 cm³/mol. The highest BCUT2D eigenvalue weighted by atomic mass is 16.5. The van der Waals surface area contributed by atoms with E-state index in [1.807, 2.05) is 0 Å². The summed E-state index contributed by atoms with van der Waals surface area (Å²) < 4.78 is 4.89. The zero-order chi connectivity index (χ0) is 17.3. The van der Waals surface area contributed by atoms with Crippen molar-refractivity contribution in [2.45, 2.75) is 59.3 Å². The fraction of sp³-hybridized carbons (Fsp3) is 0.824. The van der Waals surface area contributed by atoms with Crippen LogP contribution in [0.2, 0.25) is 0 Å². The number of carbonyl (C=O) groups is 2. The molecule has 0 atom stereocenters. The molecule has 6 nitrogen and oxygen atoms in total. The Bertz CT molecular complexity index is 417. The zero-order valence-electron chi connectivity index (χ0n) is 14.9. The van der Waals surface area contributed by atoms with Gasteiger partial charge in [0.1, 0.15) is 6.42 Å². The van der Waals surface area contributed by atoms with Gasteiger partial charge in [-0.05, 0) is 43.4 Å². The zero-order valence-corrected chi connectivity index (χ0v) is 14.9. The molecule has 0 aromatic carbocycles.